The molecule has 19 heavy (non-hydrogen) atoms. The zero-order valence-corrected chi connectivity index (χ0v) is 11.9. The van der Waals surface area contributed by atoms with Gasteiger partial charge in [-0.3, -0.25) is 0 Å². The molecule has 0 atom stereocenters. The summed E-state index contributed by atoms with van der Waals surface area (Å²) in [5.74, 6) is 0.692. The van der Waals surface area contributed by atoms with E-state index in [1.165, 1.54) is 11.3 Å². The first kappa shape index (κ1) is 12.5. The van der Waals surface area contributed by atoms with Crippen LogP contribution in [0.2, 0.25) is 8.67 Å². The minimum Gasteiger partial charge on any atom is -0.396 e. The Kier molecular flexibility index (Phi) is 3.18. The van der Waals surface area contributed by atoms with Crippen LogP contribution >= 0.6 is 34.5 Å². The molecular weight excluding hydrogens is 303 g/mol. The Bertz CT molecular complexity index is 721. The zero-order chi connectivity index (χ0) is 13.4. The van der Waals surface area contributed by atoms with Gasteiger partial charge in [0.2, 0.25) is 0 Å². The van der Waals surface area contributed by atoms with E-state index in [-0.39, 0.29) is 0 Å². The van der Waals surface area contributed by atoms with Crippen LogP contribution in [0.4, 0.5) is 5.69 Å². The van der Waals surface area contributed by atoms with Gasteiger partial charge in [0.25, 0.3) is 0 Å². The number of anilines is 1. The van der Waals surface area contributed by atoms with Crippen LogP contribution in [-0.4, -0.2) is 14.8 Å². The van der Waals surface area contributed by atoms with E-state index in [1.807, 2.05) is 18.2 Å². The van der Waals surface area contributed by atoms with Crippen LogP contribution in [0.3, 0.4) is 0 Å². The number of thiophene rings is 1. The highest BCUT2D eigenvalue weighted by molar-refractivity contribution is 7.20. The lowest BCUT2D eigenvalue weighted by molar-refractivity contribution is 0.850. The molecule has 0 radical (unpaired) electrons. The predicted molar refractivity (Wildman–Crippen MR) is 79.1 cm³/mol. The van der Waals surface area contributed by atoms with Crippen molar-refractivity contribution in [1.82, 2.24) is 14.8 Å². The standard InChI is InChI=1S/C12H8Cl2N4S/c13-9-5-7(12(14)19-9)11-8(15)6-18(17-11)10-3-1-2-4-16-10/h1-6H,15H2. The Morgan fingerprint density at radius 3 is 2.74 bits per heavy atom. The molecule has 0 aliphatic carbocycles. The summed E-state index contributed by atoms with van der Waals surface area (Å²) >= 11 is 13.3. The van der Waals surface area contributed by atoms with Crippen LogP contribution in [0.25, 0.3) is 17.1 Å². The largest absolute Gasteiger partial charge is 0.396 e. The van der Waals surface area contributed by atoms with Crippen LogP contribution in [0.15, 0.2) is 36.7 Å². The van der Waals surface area contributed by atoms with Gasteiger partial charge in [-0.2, -0.15) is 5.10 Å². The Labute approximate surface area is 123 Å². The predicted octanol–water partition coefficient (Wildman–Crippen LogP) is 3.88. The van der Waals surface area contributed by atoms with Gasteiger partial charge in [0.1, 0.15) is 10.0 Å². The summed E-state index contributed by atoms with van der Waals surface area (Å²) in [6.45, 7) is 0. The third kappa shape index (κ3) is 2.32. The van der Waals surface area contributed by atoms with Crippen molar-refractivity contribution in [2.45, 2.75) is 0 Å². The monoisotopic (exact) mass is 310 g/mol. The van der Waals surface area contributed by atoms with Crippen molar-refractivity contribution < 1.29 is 0 Å². The fourth-order valence-corrected chi connectivity index (χ4v) is 3.17. The fraction of sp³-hybridized carbons (Fsp3) is 0. The summed E-state index contributed by atoms with van der Waals surface area (Å²) in [6.07, 6.45) is 3.40. The molecule has 0 amide bonds. The second-order valence-electron chi connectivity index (χ2n) is 3.80. The molecular formula is C12H8Cl2N4S. The lowest BCUT2D eigenvalue weighted by atomic mass is 10.2. The SMILES string of the molecule is Nc1cn(-c2ccccn2)nc1-c1cc(Cl)sc1Cl. The molecule has 7 heteroatoms. The average Bonchev–Trinajstić information content (AvgIpc) is 2.93. The molecule has 3 heterocycles. The van der Waals surface area contributed by atoms with Gasteiger partial charge >= 0.3 is 0 Å². The third-order valence-electron chi connectivity index (χ3n) is 2.54. The number of aromatic nitrogens is 3. The first-order chi connectivity index (χ1) is 9.15. The Hall–Kier alpha value is -1.56. The lowest BCUT2D eigenvalue weighted by Gasteiger charge is -1.98. The second-order valence-corrected chi connectivity index (χ2v) is 6.09. The lowest BCUT2D eigenvalue weighted by Crippen LogP contribution is -1.96. The number of pyridine rings is 1. The van der Waals surface area contributed by atoms with Gasteiger partial charge < -0.3 is 5.73 Å². The zero-order valence-electron chi connectivity index (χ0n) is 9.55. The molecule has 0 bridgehead atoms. The van der Waals surface area contributed by atoms with Crippen LogP contribution in [-0.2, 0) is 0 Å². The molecule has 0 saturated carbocycles. The highest BCUT2D eigenvalue weighted by atomic mass is 35.5. The number of nitrogens with zero attached hydrogens (tertiary/aromatic N) is 3. The van der Waals surface area contributed by atoms with Crippen molar-refractivity contribution in [2.75, 3.05) is 5.73 Å². The molecule has 0 spiro atoms. The molecule has 0 saturated heterocycles. The molecule has 3 aromatic heterocycles. The smallest absolute Gasteiger partial charge is 0.153 e. The van der Waals surface area contributed by atoms with E-state index in [4.69, 9.17) is 28.9 Å². The quantitative estimate of drug-likeness (QED) is 0.781. The van der Waals surface area contributed by atoms with Gasteiger partial charge in [-0.05, 0) is 18.2 Å². The van der Waals surface area contributed by atoms with Gasteiger partial charge in [-0.25, -0.2) is 9.67 Å². The summed E-state index contributed by atoms with van der Waals surface area (Å²) in [5, 5.41) is 4.42. The van der Waals surface area contributed by atoms with Crippen molar-refractivity contribution in [3.63, 3.8) is 0 Å². The van der Waals surface area contributed by atoms with Crippen LogP contribution in [0.5, 0.6) is 0 Å². The van der Waals surface area contributed by atoms with E-state index in [2.05, 4.69) is 10.1 Å². The van der Waals surface area contributed by atoms with E-state index in [1.54, 1.807) is 23.1 Å². The summed E-state index contributed by atoms with van der Waals surface area (Å²) in [5.41, 5.74) is 7.86. The van der Waals surface area contributed by atoms with Gasteiger partial charge in [-0.1, -0.05) is 29.3 Å². The number of halogens is 2. The van der Waals surface area contributed by atoms with Gasteiger partial charge in [-0.15, -0.1) is 11.3 Å². The van der Waals surface area contributed by atoms with Crippen LogP contribution in [0, 0.1) is 0 Å². The van der Waals surface area contributed by atoms with Crippen LogP contribution < -0.4 is 5.73 Å². The normalized spacial score (nSPS) is 10.8. The van der Waals surface area contributed by atoms with Crippen molar-refractivity contribution in [1.29, 1.82) is 0 Å². The number of hydrogen-bond donors (Lipinski definition) is 1. The molecule has 4 nitrogen and oxygen atoms in total. The number of nitrogen functional groups attached to an aromatic ring is 1. The van der Waals surface area contributed by atoms with E-state index in [9.17, 15) is 0 Å². The van der Waals surface area contributed by atoms with Crippen molar-refractivity contribution in [3.8, 4) is 17.1 Å². The number of rotatable bonds is 2. The maximum Gasteiger partial charge on any atom is 0.153 e. The van der Waals surface area contributed by atoms with Crippen molar-refractivity contribution >= 4 is 40.2 Å². The highest BCUT2D eigenvalue weighted by Crippen LogP contribution is 2.39. The van der Waals surface area contributed by atoms with Crippen LogP contribution in [0.1, 0.15) is 0 Å². The maximum absolute atomic E-state index is 6.12. The first-order valence-corrected chi connectivity index (χ1v) is 6.94. The fourth-order valence-electron chi connectivity index (χ4n) is 1.70. The summed E-state index contributed by atoms with van der Waals surface area (Å²) in [4.78, 5) is 4.21. The molecule has 2 N–H and O–H groups in total. The minimum absolute atomic E-state index is 0.530. The van der Waals surface area contributed by atoms with E-state index in [0.717, 1.165) is 5.56 Å². The number of nitrogens with two attached hydrogens (primary N) is 1. The third-order valence-corrected chi connectivity index (χ3v) is 4.03. The van der Waals surface area contributed by atoms with Gasteiger partial charge in [0, 0.05) is 11.8 Å². The molecule has 3 rings (SSSR count). The summed E-state index contributed by atoms with van der Waals surface area (Å²) in [6, 6.07) is 7.33. The Morgan fingerprint density at radius 1 is 1.26 bits per heavy atom. The number of hydrogen-bond acceptors (Lipinski definition) is 4. The molecule has 96 valence electrons. The molecule has 3 aromatic rings. The van der Waals surface area contributed by atoms with Crippen molar-refractivity contribution in [2.24, 2.45) is 0 Å². The molecule has 0 unspecified atom stereocenters. The topological polar surface area (TPSA) is 56.7 Å². The van der Waals surface area contributed by atoms with E-state index < -0.39 is 0 Å². The molecule has 0 aliphatic rings. The van der Waals surface area contributed by atoms with E-state index in [0.29, 0.717) is 25.9 Å². The summed E-state index contributed by atoms with van der Waals surface area (Å²) in [7, 11) is 0. The maximum atomic E-state index is 6.12. The van der Waals surface area contributed by atoms with Gasteiger partial charge in [0.15, 0.2) is 5.82 Å². The minimum atomic E-state index is 0.530. The highest BCUT2D eigenvalue weighted by Gasteiger charge is 2.15. The Morgan fingerprint density at radius 2 is 2.11 bits per heavy atom. The average molecular weight is 311 g/mol. The molecule has 0 aromatic carbocycles. The second kappa shape index (κ2) is 4.85. The summed E-state index contributed by atoms with van der Waals surface area (Å²) < 4.78 is 2.79. The molecule has 0 aliphatic heterocycles. The Balaban J connectivity index is 2.10. The van der Waals surface area contributed by atoms with Gasteiger partial charge in [0.05, 0.1) is 16.2 Å². The van der Waals surface area contributed by atoms with E-state index >= 15 is 0 Å². The molecule has 0 fully saturated rings. The van der Waals surface area contributed by atoms with Crippen molar-refractivity contribution in [3.05, 3.63) is 45.3 Å². The first-order valence-electron chi connectivity index (χ1n) is 5.37.